The molecule has 184 valence electrons. The van der Waals surface area contributed by atoms with Crippen molar-refractivity contribution in [3.63, 3.8) is 0 Å². The number of benzene rings is 2. The number of carbonyl (C=O) groups excluding carboxylic acids is 1. The van der Waals surface area contributed by atoms with Gasteiger partial charge in [0.25, 0.3) is 0 Å². The number of phenols is 2. The van der Waals surface area contributed by atoms with Gasteiger partial charge in [0.2, 0.25) is 6.29 Å². The van der Waals surface area contributed by atoms with Crippen LogP contribution in [0.2, 0.25) is 0 Å². The molecule has 3 aromatic rings. The number of fused-ring (bicyclic) bond motifs is 1. The van der Waals surface area contributed by atoms with Crippen molar-refractivity contribution in [2.75, 3.05) is 6.61 Å². The van der Waals surface area contributed by atoms with Crippen molar-refractivity contribution in [3.8, 4) is 17.2 Å². The number of rotatable bonds is 6. The highest BCUT2D eigenvalue weighted by molar-refractivity contribution is 5.87. The van der Waals surface area contributed by atoms with Gasteiger partial charge in [-0.2, -0.15) is 0 Å². The predicted octanol–water partition coefficient (Wildman–Crippen LogP) is 0.647. The van der Waals surface area contributed by atoms with Crippen LogP contribution in [0.25, 0.3) is 17.0 Å². The molecule has 1 fully saturated rings. The number of carbonyl (C=O) groups is 1. The van der Waals surface area contributed by atoms with Crippen LogP contribution in [0.5, 0.6) is 17.2 Å². The van der Waals surface area contributed by atoms with Crippen LogP contribution in [0, 0.1) is 0 Å². The van der Waals surface area contributed by atoms with Crippen molar-refractivity contribution in [1.82, 2.24) is 0 Å². The molecule has 2 heterocycles. The van der Waals surface area contributed by atoms with Gasteiger partial charge < -0.3 is 44.2 Å². The van der Waals surface area contributed by atoms with E-state index in [1.54, 1.807) is 12.1 Å². The van der Waals surface area contributed by atoms with E-state index >= 15 is 0 Å². The summed E-state index contributed by atoms with van der Waals surface area (Å²) in [5.74, 6) is -1.31. The van der Waals surface area contributed by atoms with Crippen molar-refractivity contribution in [2.24, 2.45) is 0 Å². The second kappa shape index (κ2) is 10.2. The molecule has 5 N–H and O–H groups in total. The third-order valence-electron chi connectivity index (χ3n) is 5.32. The van der Waals surface area contributed by atoms with E-state index in [0.717, 1.165) is 6.08 Å². The summed E-state index contributed by atoms with van der Waals surface area (Å²) in [6, 6.07) is 11.4. The molecule has 1 aromatic heterocycles. The zero-order chi connectivity index (χ0) is 25.1. The van der Waals surface area contributed by atoms with Gasteiger partial charge in [-0.05, 0) is 42.0 Å². The van der Waals surface area contributed by atoms with E-state index < -0.39 is 48.9 Å². The van der Waals surface area contributed by atoms with E-state index in [9.17, 15) is 35.1 Å². The Kier molecular flexibility index (Phi) is 7.03. The summed E-state index contributed by atoms with van der Waals surface area (Å²) in [5.41, 5.74) is 0.102. The molecule has 0 spiro atoms. The molecule has 5 atom stereocenters. The molecule has 0 aliphatic carbocycles. The number of esters is 1. The van der Waals surface area contributed by atoms with E-state index in [2.05, 4.69) is 0 Å². The molecule has 2 aromatic carbocycles. The Hall–Kier alpha value is -3.90. The largest absolute Gasteiger partial charge is 0.504 e. The Morgan fingerprint density at radius 1 is 0.943 bits per heavy atom. The summed E-state index contributed by atoms with van der Waals surface area (Å²) in [6.45, 7) is -0.471. The molecule has 4 rings (SSSR count). The highest BCUT2D eigenvalue weighted by Gasteiger charge is 2.45. The lowest BCUT2D eigenvalue weighted by Gasteiger charge is -2.39. The van der Waals surface area contributed by atoms with Crippen molar-refractivity contribution >= 4 is 23.0 Å². The molecule has 0 radical (unpaired) electrons. The zero-order valence-electron chi connectivity index (χ0n) is 18.1. The first-order valence-electron chi connectivity index (χ1n) is 10.5. The zero-order valence-corrected chi connectivity index (χ0v) is 18.1. The summed E-state index contributed by atoms with van der Waals surface area (Å²) in [4.78, 5) is 23.5. The summed E-state index contributed by atoms with van der Waals surface area (Å²) >= 11 is 0. The van der Waals surface area contributed by atoms with Crippen molar-refractivity contribution in [3.05, 3.63) is 70.6 Å². The average molecular weight is 486 g/mol. The molecule has 0 saturated carbocycles. The van der Waals surface area contributed by atoms with E-state index in [0.29, 0.717) is 10.9 Å². The molecular formula is C24H22O11. The fourth-order valence-corrected chi connectivity index (χ4v) is 3.42. The highest BCUT2D eigenvalue weighted by atomic mass is 16.7. The normalized spacial score (nSPS) is 24.5. The maximum Gasteiger partial charge on any atom is 0.336 e. The van der Waals surface area contributed by atoms with E-state index in [-0.39, 0.29) is 22.8 Å². The highest BCUT2D eigenvalue weighted by Crippen LogP contribution is 2.27. The van der Waals surface area contributed by atoms with Gasteiger partial charge in [0.15, 0.2) is 11.5 Å². The minimum atomic E-state index is -1.66. The first-order chi connectivity index (χ1) is 16.7. The Morgan fingerprint density at radius 2 is 1.71 bits per heavy atom. The van der Waals surface area contributed by atoms with Gasteiger partial charge in [-0.3, -0.25) is 0 Å². The molecule has 11 heteroatoms. The number of hydrogen-bond acceptors (Lipinski definition) is 11. The number of aliphatic hydroxyl groups is 3. The lowest BCUT2D eigenvalue weighted by atomic mass is 9.99. The smallest absolute Gasteiger partial charge is 0.336 e. The second-order valence-electron chi connectivity index (χ2n) is 7.80. The molecule has 35 heavy (non-hydrogen) atoms. The third kappa shape index (κ3) is 5.61. The number of hydrogen-bond donors (Lipinski definition) is 5. The summed E-state index contributed by atoms with van der Waals surface area (Å²) in [5, 5.41) is 50.2. The Morgan fingerprint density at radius 3 is 2.49 bits per heavy atom. The standard InChI is InChI=1S/C24H22O11/c25-15-6-1-12(9-16(15)26)2-7-19(27)32-11-18-21(29)22(30)23(31)24(35-18)33-14-5-3-13-4-8-20(28)34-17(13)10-14/h1-10,18,21-26,29-31H,11H2. The van der Waals surface area contributed by atoms with Crippen LogP contribution < -0.4 is 10.4 Å². The van der Waals surface area contributed by atoms with Gasteiger partial charge >= 0.3 is 11.6 Å². The predicted molar refractivity (Wildman–Crippen MR) is 120 cm³/mol. The van der Waals surface area contributed by atoms with Gasteiger partial charge in [-0.1, -0.05) is 6.07 Å². The Labute approximate surface area is 197 Å². The molecule has 0 bridgehead atoms. The van der Waals surface area contributed by atoms with Gasteiger partial charge in [-0.25, -0.2) is 9.59 Å². The molecular weight excluding hydrogens is 464 g/mol. The fourth-order valence-electron chi connectivity index (χ4n) is 3.42. The minimum Gasteiger partial charge on any atom is -0.504 e. The Balaban J connectivity index is 1.40. The monoisotopic (exact) mass is 486 g/mol. The van der Waals surface area contributed by atoms with Crippen LogP contribution in [-0.2, 0) is 14.3 Å². The first kappa shape index (κ1) is 24.2. The van der Waals surface area contributed by atoms with Gasteiger partial charge in [0.05, 0.1) is 0 Å². The summed E-state index contributed by atoms with van der Waals surface area (Å²) in [7, 11) is 0. The quantitative estimate of drug-likeness (QED) is 0.143. The minimum absolute atomic E-state index is 0.162. The lowest BCUT2D eigenvalue weighted by molar-refractivity contribution is -0.278. The first-order valence-corrected chi connectivity index (χ1v) is 10.5. The molecule has 5 unspecified atom stereocenters. The van der Waals surface area contributed by atoms with Gasteiger partial charge in [-0.15, -0.1) is 0 Å². The van der Waals surface area contributed by atoms with Crippen LogP contribution >= 0.6 is 0 Å². The molecule has 0 amide bonds. The number of aromatic hydroxyl groups is 2. The van der Waals surface area contributed by atoms with Gasteiger partial charge in [0.1, 0.15) is 42.4 Å². The van der Waals surface area contributed by atoms with Crippen molar-refractivity contribution < 1.29 is 49.0 Å². The fraction of sp³-hybridized carbons (Fsp3) is 0.250. The molecule has 1 saturated heterocycles. The topological polar surface area (TPSA) is 176 Å². The number of aliphatic hydroxyl groups excluding tert-OH is 3. The van der Waals surface area contributed by atoms with E-state index in [1.165, 1.54) is 42.5 Å². The SMILES string of the molecule is O=C(C=Cc1ccc(O)c(O)c1)OCC1OC(Oc2ccc3ccc(=O)oc3c2)C(O)C(O)C1O. The lowest BCUT2D eigenvalue weighted by Crippen LogP contribution is -2.60. The third-order valence-corrected chi connectivity index (χ3v) is 5.32. The summed E-state index contributed by atoms with van der Waals surface area (Å²) in [6.07, 6.45) is -5.13. The maximum atomic E-state index is 12.1. The maximum absolute atomic E-state index is 12.1. The van der Waals surface area contributed by atoms with Crippen LogP contribution in [0.4, 0.5) is 0 Å². The van der Waals surface area contributed by atoms with Gasteiger partial charge in [0, 0.05) is 23.6 Å². The van der Waals surface area contributed by atoms with Crippen molar-refractivity contribution in [1.29, 1.82) is 0 Å². The van der Waals surface area contributed by atoms with Crippen LogP contribution in [0.1, 0.15) is 5.56 Å². The number of ether oxygens (including phenoxy) is 3. The number of phenolic OH excluding ortho intramolecular Hbond substituents is 2. The van der Waals surface area contributed by atoms with Crippen LogP contribution in [0.15, 0.2) is 63.8 Å². The average Bonchev–Trinajstić information content (AvgIpc) is 2.84. The van der Waals surface area contributed by atoms with Crippen molar-refractivity contribution in [2.45, 2.75) is 30.7 Å². The molecule has 11 nitrogen and oxygen atoms in total. The van der Waals surface area contributed by atoms with Crippen LogP contribution in [-0.4, -0.2) is 68.8 Å². The van der Waals surface area contributed by atoms with E-state index in [1.807, 2.05) is 0 Å². The molecule has 1 aliphatic heterocycles. The summed E-state index contributed by atoms with van der Waals surface area (Å²) < 4.78 is 21.3. The Bertz CT molecular complexity index is 1300. The molecule has 1 aliphatic rings. The van der Waals surface area contributed by atoms with Crippen LogP contribution in [0.3, 0.4) is 0 Å². The second-order valence-corrected chi connectivity index (χ2v) is 7.80. The van der Waals surface area contributed by atoms with E-state index in [4.69, 9.17) is 18.6 Å².